The molecule has 6 heteroatoms. The van der Waals surface area contributed by atoms with Crippen molar-refractivity contribution >= 4 is 44.9 Å². The lowest BCUT2D eigenvalue weighted by atomic mass is 10.1. The van der Waals surface area contributed by atoms with Gasteiger partial charge in [-0.05, 0) is 29.6 Å². The number of nitrogens with zero attached hydrogens (tertiary/aromatic N) is 3. The Labute approximate surface area is 158 Å². The Bertz CT molecular complexity index is 1260. The molecule has 0 spiro atoms. The van der Waals surface area contributed by atoms with E-state index in [0.717, 1.165) is 22.0 Å². The number of pyridine rings is 1. The number of hydrogen-bond donors (Lipinski definition) is 1. The molecule has 5 aromatic rings. The smallest absolute Gasteiger partial charge is 0.266 e. The largest absolute Gasteiger partial charge is 0.304 e. The molecule has 130 valence electrons. The van der Waals surface area contributed by atoms with Gasteiger partial charge in [0.05, 0.1) is 16.1 Å². The first-order valence-corrected chi connectivity index (χ1v) is 9.36. The van der Waals surface area contributed by atoms with Crippen molar-refractivity contribution in [1.82, 2.24) is 14.8 Å². The van der Waals surface area contributed by atoms with E-state index < -0.39 is 0 Å². The van der Waals surface area contributed by atoms with Crippen LogP contribution in [0.5, 0.6) is 0 Å². The number of thiophene rings is 1. The molecule has 0 fully saturated rings. The number of rotatable bonds is 3. The summed E-state index contributed by atoms with van der Waals surface area (Å²) in [6.07, 6.45) is 1.98. The van der Waals surface area contributed by atoms with Crippen LogP contribution in [0.25, 0.3) is 27.5 Å². The monoisotopic (exact) mass is 370 g/mol. The molecule has 0 unspecified atom stereocenters. The predicted octanol–water partition coefficient (Wildman–Crippen LogP) is 4.89. The second-order valence-electron chi connectivity index (χ2n) is 6.08. The van der Waals surface area contributed by atoms with Gasteiger partial charge in [0.15, 0.2) is 5.82 Å². The number of nitrogens with one attached hydrogen (secondary N) is 1. The van der Waals surface area contributed by atoms with Gasteiger partial charge in [-0.25, -0.2) is 9.67 Å². The van der Waals surface area contributed by atoms with Crippen LogP contribution < -0.4 is 5.32 Å². The SMILES string of the molecule is O=C(Nc1nc2ccccc2c2cn(-c3ccccc3)nc12)c1cccs1. The first-order chi connectivity index (χ1) is 13.3. The van der Waals surface area contributed by atoms with Crippen LogP contribution in [0.3, 0.4) is 0 Å². The molecule has 0 aliphatic carbocycles. The van der Waals surface area contributed by atoms with Crippen molar-refractivity contribution in [3.8, 4) is 5.69 Å². The summed E-state index contributed by atoms with van der Waals surface area (Å²) in [4.78, 5) is 17.9. The van der Waals surface area contributed by atoms with Crippen LogP contribution in [-0.2, 0) is 0 Å². The number of fused-ring (bicyclic) bond motifs is 3. The van der Waals surface area contributed by atoms with Crippen molar-refractivity contribution in [2.45, 2.75) is 0 Å². The molecule has 0 aliphatic heterocycles. The number of hydrogen-bond acceptors (Lipinski definition) is 4. The summed E-state index contributed by atoms with van der Waals surface area (Å²) in [5.41, 5.74) is 2.44. The molecular weight excluding hydrogens is 356 g/mol. The van der Waals surface area contributed by atoms with E-state index in [4.69, 9.17) is 5.10 Å². The predicted molar refractivity (Wildman–Crippen MR) is 109 cm³/mol. The Morgan fingerprint density at radius 1 is 0.926 bits per heavy atom. The van der Waals surface area contributed by atoms with Crippen LogP contribution in [0.15, 0.2) is 78.3 Å². The molecule has 0 bridgehead atoms. The van der Waals surface area contributed by atoms with Crippen LogP contribution in [0.2, 0.25) is 0 Å². The van der Waals surface area contributed by atoms with Gasteiger partial charge < -0.3 is 5.32 Å². The summed E-state index contributed by atoms with van der Waals surface area (Å²) in [6.45, 7) is 0. The zero-order valence-corrected chi connectivity index (χ0v) is 15.0. The molecule has 5 nitrogen and oxygen atoms in total. The van der Waals surface area contributed by atoms with Crippen molar-refractivity contribution in [3.05, 3.63) is 83.2 Å². The number of aromatic nitrogens is 3. The minimum Gasteiger partial charge on any atom is -0.304 e. The molecule has 0 aliphatic rings. The molecule has 0 atom stereocenters. The maximum Gasteiger partial charge on any atom is 0.266 e. The third kappa shape index (κ3) is 2.76. The lowest BCUT2D eigenvalue weighted by Gasteiger charge is -2.06. The van der Waals surface area contributed by atoms with Gasteiger partial charge in [0, 0.05) is 17.0 Å². The number of carbonyl (C=O) groups excluding carboxylic acids is 1. The third-order valence-electron chi connectivity index (χ3n) is 4.36. The van der Waals surface area contributed by atoms with Gasteiger partial charge in [0.1, 0.15) is 5.52 Å². The van der Waals surface area contributed by atoms with Crippen LogP contribution in [0, 0.1) is 0 Å². The van der Waals surface area contributed by atoms with Crippen LogP contribution >= 0.6 is 11.3 Å². The van der Waals surface area contributed by atoms with E-state index in [1.165, 1.54) is 11.3 Å². The van der Waals surface area contributed by atoms with Crippen molar-refractivity contribution in [2.24, 2.45) is 0 Å². The van der Waals surface area contributed by atoms with E-state index in [-0.39, 0.29) is 5.91 Å². The van der Waals surface area contributed by atoms with E-state index in [1.807, 2.05) is 76.9 Å². The van der Waals surface area contributed by atoms with Gasteiger partial charge in [-0.1, -0.05) is 42.5 Å². The van der Waals surface area contributed by atoms with Gasteiger partial charge in [0.25, 0.3) is 5.91 Å². The van der Waals surface area contributed by atoms with Gasteiger partial charge in [-0.2, -0.15) is 5.10 Å². The molecule has 2 aromatic carbocycles. The maximum atomic E-state index is 12.6. The fourth-order valence-electron chi connectivity index (χ4n) is 3.10. The van der Waals surface area contributed by atoms with E-state index in [2.05, 4.69) is 10.3 Å². The lowest BCUT2D eigenvalue weighted by molar-refractivity contribution is 0.103. The normalized spacial score (nSPS) is 11.1. The summed E-state index contributed by atoms with van der Waals surface area (Å²) >= 11 is 1.40. The number of carbonyl (C=O) groups is 1. The fraction of sp³-hybridized carbons (Fsp3) is 0. The molecule has 1 amide bonds. The maximum absolute atomic E-state index is 12.6. The van der Waals surface area contributed by atoms with Gasteiger partial charge >= 0.3 is 0 Å². The minimum atomic E-state index is -0.177. The Kier molecular flexibility index (Phi) is 3.69. The van der Waals surface area contributed by atoms with E-state index in [9.17, 15) is 4.79 Å². The number of benzene rings is 2. The zero-order valence-electron chi connectivity index (χ0n) is 14.2. The molecule has 0 saturated heterocycles. The average molecular weight is 370 g/mol. The van der Waals surface area contributed by atoms with Crippen LogP contribution in [-0.4, -0.2) is 20.7 Å². The molecule has 1 N–H and O–H groups in total. The first kappa shape index (κ1) is 15.7. The number of anilines is 1. The van der Waals surface area contributed by atoms with Crippen molar-refractivity contribution < 1.29 is 4.79 Å². The van der Waals surface area contributed by atoms with Gasteiger partial charge in [-0.3, -0.25) is 4.79 Å². The first-order valence-electron chi connectivity index (χ1n) is 8.48. The Hall–Kier alpha value is -3.51. The average Bonchev–Trinajstić information content (AvgIpc) is 3.39. The second-order valence-corrected chi connectivity index (χ2v) is 7.03. The summed E-state index contributed by atoms with van der Waals surface area (Å²) in [7, 11) is 0. The van der Waals surface area contributed by atoms with Crippen LogP contribution in [0.4, 0.5) is 5.82 Å². The van der Waals surface area contributed by atoms with Crippen molar-refractivity contribution in [1.29, 1.82) is 0 Å². The molecular formula is C21H14N4OS. The molecule has 27 heavy (non-hydrogen) atoms. The lowest BCUT2D eigenvalue weighted by Crippen LogP contribution is -2.12. The topological polar surface area (TPSA) is 59.8 Å². The third-order valence-corrected chi connectivity index (χ3v) is 5.23. The van der Waals surface area contributed by atoms with Gasteiger partial charge in [-0.15, -0.1) is 11.3 Å². The molecule has 3 heterocycles. The number of para-hydroxylation sites is 2. The number of amides is 1. The molecule has 3 aromatic heterocycles. The highest BCUT2D eigenvalue weighted by atomic mass is 32.1. The fourth-order valence-corrected chi connectivity index (χ4v) is 3.71. The standard InChI is InChI=1S/C21H14N4OS/c26-21(18-11-6-12-27-18)23-20-19-16(15-9-4-5-10-17(15)22-20)13-25(24-19)14-7-2-1-3-8-14/h1-13H,(H,22,23,26). The molecule has 5 rings (SSSR count). The summed E-state index contributed by atoms with van der Waals surface area (Å²) in [6, 6.07) is 21.4. The Balaban J connectivity index is 1.71. The van der Waals surface area contributed by atoms with Gasteiger partial charge in [0.2, 0.25) is 0 Å². The Morgan fingerprint density at radius 3 is 2.56 bits per heavy atom. The summed E-state index contributed by atoms with van der Waals surface area (Å²) in [5.74, 6) is 0.292. The summed E-state index contributed by atoms with van der Waals surface area (Å²) < 4.78 is 1.82. The van der Waals surface area contributed by atoms with E-state index in [0.29, 0.717) is 16.2 Å². The second kappa shape index (κ2) is 6.34. The quantitative estimate of drug-likeness (QED) is 0.492. The Morgan fingerprint density at radius 2 is 1.74 bits per heavy atom. The van der Waals surface area contributed by atoms with Crippen molar-refractivity contribution in [3.63, 3.8) is 0 Å². The van der Waals surface area contributed by atoms with Crippen molar-refractivity contribution in [2.75, 3.05) is 5.32 Å². The van der Waals surface area contributed by atoms with E-state index in [1.54, 1.807) is 6.07 Å². The highest BCUT2D eigenvalue weighted by Crippen LogP contribution is 2.29. The highest BCUT2D eigenvalue weighted by molar-refractivity contribution is 7.12. The highest BCUT2D eigenvalue weighted by Gasteiger charge is 2.16. The zero-order chi connectivity index (χ0) is 18.2. The molecule has 0 saturated carbocycles. The van der Waals surface area contributed by atoms with E-state index >= 15 is 0 Å². The van der Waals surface area contributed by atoms with Crippen LogP contribution in [0.1, 0.15) is 9.67 Å². The minimum absolute atomic E-state index is 0.177. The summed E-state index contributed by atoms with van der Waals surface area (Å²) in [5, 5.41) is 11.5. The molecule has 0 radical (unpaired) electrons.